The molecule has 0 aliphatic rings. The number of rotatable bonds is 6. The predicted octanol–water partition coefficient (Wildman–Crippen LogP) is 13.3. The van der Waals surface area contributed by atoms with Gasteiger partial charge >= 0.3 is 0 Å². The van der Waals surface area contributed by atoms with Crippen LogP contribution in [0.5, 0.6) is 0 Å². The Morgan fingerprint density at radius 1 is 0.243 bits per heavy atom. The van der Waals surface area contributed by atoms with Gasteiger partial charge < -0.3 is 0 Å². The fourth-order valence-corrected chi connectivity index (χ4v) is 12.7. The van der Waals surface area contributed by atoms with Crippen LogP contribution in [0.4, 0.5) is 0 Å². The first-order chi connectivity index (χ1) is 18.1. The lowest BCUT2D eigenvalue weighted by Crippen LogP contribution is -1.59. The summed E-state index contributed by atoms with van der Waals surface area (Å²) >= 11 is 18.0. The lowest BCUT2D eigenvalue weighted by molar-refractivity contribution is 1.89. The third-order valence-electron chi connectivity index (χ3n) is 5.63. The van der Waals surface area contributed by atoms with E-state index in [1.165, 1.54) is 64.3 Å². The highest BCUT2D eigenvalue weighted by Crippen LogP contribution is 2.46. The van der Waals surface area contributed by atoms with Crippen LogP contribution in [0.15, 0.2) is 84.9 Å². The number of halogens is 2. The number of thiophene rings is 7. The topological polar surface area (TPSA) is 0 Å². The van der Waals surface area contributed by atoms with Gasteiger partial charge in [-0.15, -0.1) is 79.4 Å². The SMILES string of the molecule is Ic1ccc(-c2ccc(-c3ccc(-c4ccc(-c5ccc(-c6ccc(-c7ccc(I)s7)s6)s5)s4)s3)s2)s1. The van der Waals surface area contributed by atoms with Crippen LogP contribution in [-0.4, -0.2) is 0 Å². The van der Waals surface area contributed by atoms with Crippen LogP contribution in [0.25, 0.3) is 58.5 Å². The van der Waals surface area contributed by atoms with Gasteiger partial charge in [-0.2, -0.15) is 0 Å². The monoisotopic (exact) mass is 828 g/mol. The molecule has 0 N–H and O–H groups in total. The molecule has 0 aromatic carbocycles. The molecule has 0 unspecified atom stereocenters. The molecule has 0 aliphatic heterocycles. The minimum Gasteiger partial charge on any atom is -0.134 e. The zero-order valence-corrected chi connectivity index (χ0v) is 28.7. The Hall–Kier alpha value is -0.640. The molecular weight excluding hydrogens is 815 g/mol. The van der Waals surface area contributed by atoms with E-state index in [2.05, 4.69) is 130 Å². The van der Waals surface area contributed by atoms with Crippen LogP contribution in [0.2, 0.25) is 0 Å². The maximum absolute atomic E-state index is 2.40. The van der Waals surface area contributed by atoms with Crippen molar-refractivity contribution >= 4 is 125 Å². The molecule has 37 heavy (non-hydrogen) atoms. The number of hydrogen-bond donors (Lipinski definition) is 0. The highest BCUT2D eigenvalue weighted by molar-refractivity contribution is 14.1. The van der Waals surface area contributed by atoms with Gasteiger partial charge in [0.2, 0.25) is 0 Å². The van der Waals surface area contributed by atoms with Gasteiger partial charge in [0.25, 0.3) is 0 Å². The summed E-state index contributed by atoms with van der Waals surface area (Å²) in [6.07, 6.45) is 0. The van der Waals surface area contributed by atoms with Crippen molar-refractivity contribution in [2.24, 2.45) is 0 Å². The van der Waals surface area contributed by atoms with Crippen molar-refractivity contribution in [1.29, 1.82) is 0 Å². The largest absolute Gasteiger partial charge is 0.134 e. The second-order valence-electron chi connectivity index (χ2n) is 8.03. The molecule has 7 aromatic rings. The zero-order chi connectivity index (χ0) is 24.9. The van der Waals surface area contributed by atoms with Crippen molar-refractivity contribution in [3.8, 4) is 58.5 Å². The van der Waals surface area contributed by atoms with Crippen LogP contribution in [-0.2, 0) is 0 Å². The smallest absolute Gasteiger partial charge is 0.0660 e. The van der Waals surface area contributed by atoms with E-state index in [9.17, 15) is 0 Å². The summed E-state index contributed by atoms with van der Waals surface area (Å²) < 4.78 is 2.67. The maximum atomic E-state index is 2.40. The first kappa shape index (κ1) is 25.3. The van der Waals surface area contributed by atoms with E-state index in [0.29, 0.717) is 0 Å². The Morgan fingerprint density at radius 2 is 0.405 bits per heavy atom. The quantitative estimate of drug-likeness (QED) is 0.147. The van der Waals surface area contributed by atoms with Crippen molar-refractivity contribution in [1.82, 2.24) is 0 Å². The molecule has 9 heteroatoms. The Morgan fingerprint density at radius 3 is 0.568 bits per heavy atom. The summed E-state index contributed by atoms with van der Waals surface area (Å²) in [5.41, 5.74) is 0. The first-order valence-corrected chi connectivity index (χ1v) is 19.0. The summed E-state index contributed by atoms with van der Waals surface area (Å²) in [6, 6.07) is 31.6. The van der Waals surface area contributed by atoms with E-state index >= 15 is 0 Å². The molecular formula is C28H14I2S7. The summed E-state index contributed by atoms with van der Waals surface area (Å²) in [4.78, 5) is 16.2. The third-order valence-corrected chi connectivity index (χ3v) is 16.0. The second kappa shape index (κ2) is 10.7. The molecule has 7 aromatic heterocycles. The van der Waals surface area contributed by atoms with E-state index < -0.39 is 0 Å². The van der Waals surface area contributed by atoms with Crippen LogP contribution in [0, 0.1) is 5.77 Å². The van der Waals surface area contributed by atoms with Crippen LogP contribution in [0.3, 0.4) is 0 Å². The Bertz CT molecular complexity index is 1700. The molecule has 0 bridgehead atoms. The summed E-state index contributed by atoms with van der Waals surface area (Å²) in [7, 11) is 0. The van der Waals surface area contributed by atoms with Crippen molar-refractivity contribution in [3.63, 3.8) is 0 Å². The van der Waals surface area contributed by atoms with Crippen LogP contribution in [0.1, 0.15) is 0 Å². The molecule has 0 radical (unpaired) electrons. The van der Waals surface area contributed by atoms with Gasteiger partial charge in [-0.25, -0.2) is 0 Å². The van der Waals surface area contributed by atoms with Gasteiger partial charge in [0, 0.05) is 58.5 Å². The van der Waals surface area contributed by atoms with Crippen LogP contribution >= 0.6 is 125 Å². The summed E-state index contributed by atoms with van der Waals surface area (Å²) in [5, 5.41) is 0. The van der Waals surface area contributed by atoms with E-state index in [4.69, 9.17) is 0 Å². The molecule has 0 amide bonds. The summed E-state index contributed by atoms with van der Waals surface area (Å²) in [6.45, 7) is 0. The van der Waals surface area contributed by atoms with E-state index in [0.717, 1.165) is 0 Å². The van der Waals surface area contributed by atoms with Gasteiger partial charge in [0.1, 0.15) is 0 Å². The second-order valence-corrected chi connectivity index (χ2v) is 19.4. The molecule has 0 spiro atoms. The summed E-state index contributed by atoms with van der Waals surface area (Å²) in [5.74, 6) is 0. The predicted molar refractivity (Wildman–Crippen MR) is 190 cm³/mol. The molecule has 182 valence electrons. The average Bonchev–Trinajstić information content (AvgIpc) is 3.73. The Labute approximate surface area is 270 Å². The van der Waals surface area contributed by atoms with Crippen molar-refractivity contribution in [3.05, 3.63) is 90.7 Å². The standard InChI is InChI=1S/C28H14I2S7/c29-27-13-11-25(36-27)23-9-7-21(34-23)19-5-3-17(32-19)15-1-2-16(31-15)18-4-6-20(33-18)22-8-10-24(35-22)26-12-14-28(30)37-26/h1-14H. The van der Waals surface area contributed by atoms with Crippen LogP contribution < -0.4 is 0 Å². The van der Waals surface area contributed by atoms with Gasteiger partial charge in [0.15, 0.2) is 0 Å². The van der Waals surface area contributed by atoms with Gasteiger partial charge in [-0.3, -0.25) is 0 Å². The van der Waals surface area contributed by atoms with Crippen molar-refractivity contribution < 1.29 is 0 Å². The molecule has 0 nitrogen and oxygen atoms in total. The lowest BCUT2D eigenvalue weighted by atomic mass is 10.3. The van der Waals surface area contributed by atoms with Gasteiger partial charge in [0.05, 0.1) is 5.77 Å². The normalized spacial score (nSPS) is 11.5. The fourth-order valence-electron chi connectivity index (χ4n) is 3.91. The molecule has 7 rings (SSSR count). The molecule has 0 saturated heterocycles. The Balaban J connectivity index is 1.10. The third kappa shape index (κ3) is 5.28. The fraction of sp³-hybridized carbons (Fsp3) is 0. The van der Waals surface area contributed by atoms with E-state index in [1.54, 1.807) is 0 Å². The van der Waals surface area contributed by atoms with E-state index in [-0.39, 0.29) is 0 Å². The lowest BCUT2D eigenvalue weighted by Gasteiger charge is -1.93. The number of hydrogen-bond acceptors (Lipinski definition) is 7. The average molecular weight is 829 g/mol. The highest BCUT2D eigenvalue weighted by atomic mass is 127. The minimum atomic E-state index is 1.33. The maximum Gasteiger partial charge on any atom is 0.0660 e. The van der Waals surface area contributed by atoms with E-state index in [1.807, 2.05) is 79.4 Å². The van der Waals surface area contributed by atoms with Gasteiger partial charge in [-0.1, -0.05) is 0 Å². The Kier molecular flexibility index (Phi) is 7.35. The molecule has 0 fully saturated rings. The van der Waals surface area contributed by atoms with Crippen molar-refractivity contribution in [2.45, 2.75) is 0 Å². The minimum absolute atomic E-state index is 1.33. The zero-order valence-electron chi connectivity index (χ0n) is 18.7. The molecule has 0 atom stereocenters. The van der Waals surface area contributed by atoms with Crippen molar-refractivity contribution in [2.75, 3.05) is 0 Å². The van der Waals surface area contributed by atoms with Gasteiger partial charge in [-0.05, 0) is 130 Å². The molecule has 0 aliphatic carbocycles. The first-order valence-electron chi connectivity index (χ1n) is 11.1. The molecule has 0 saturated carbocycles. The molecule has 7 heterocycles. The highest BCUT2D eigenvalue weighted by Gasteiger charge is 2.14.